The molecule has 1 unspecified atom stereocenters. The summed E-state index contributed by atoms with van der Waals surface area (Å²) < 4.78 is 0. The number of amides is 2. The standard InChI is InChI=1S/C10H17N3O5/c11-3-7-1-2-12(4-7)10(18)13(5-8(14)15)6-9(16)17/h7H,1-6,11H2,(H,14,15)(H,16,17). The fourth-order valence-corrected chi connectivity index (χ4v) is 1.92. The van der Waals surface area contributed by atoms with Gasteiger partial charge in [-0.15, -0.1) is 0 Å². The maximum Gasteiger partial charge on any atom is 0.323 e. The SMILES string of the molecule is NCC1CCN(C(=O)N(CC(=O)O)CC(=O)O)C1. The normalized spacial score (nSPS) is 18.7. The van der Waals surface area contributed by atoms with Crippen LogP contribution in [-0.2, 0) is 9.59 Å². The first-order valence-electron chi connectivity index (χ1n) is 5.61. The molecule has 1 atom stereocenters. The second-order valence-corrected chi connectivity index (χ2v) is 4.26. The van der Waals surface area contributed by atoms with Crippen molar-refractivity contribution in [2.75, 3.05) is 32.7 Å². The number of urea groups is 1. The Balaban J connectivity index is 2.64. The van der Waals surface area contributed by atoms with Gasteiger partial charge in [0, 0.05) is 13.1 Å². The van der Waals surface area contributed by atoms with E-state index in [4.69, 9.17) is 15.9 Å². The van der Waals surface area contributed by atoms with Gasteiger partial charge in [0.05, 0.1) is 0 Å². The molecule has 2 amide bonds. The van der Waals surface area contributed by atoms with Crippen LogP contribution in [0.1, 0.15) is 6.42 Å². The highest BCUT2D eigenvalue weighted by molar-refractivity contribution is 5.84. The number of rotatable bonds is 5. The minimum atomic E-state index is -1.24. The van der Waals surface area contributed by atoms with Gasteiger partial charge in [0.25, 0.3) is 0 Å². The molecular weight excluding hydrogens is 242 g/mol. The van der Waals surface area contributed by atoms with Crippen molar-refractivity contribution in [1.82, 2.24) is 9.80 Å². The number of nitrogens with zero attached hydrogens (tertiary/aromatic N) is 2. The Morgan fingerprint density at radius 2 is 1.78 bits per heavy atom. The van der Waals surface area contributed by atoms with Crippen LogP contribution in [0.4, 0.5) is 4.79 Å². The van der Waals surface area contributed by atoms with Crippen molar-refractivity contribution in [2.24, 2.45) is 11.7 Å². The second kappa shape index (κ2) is 6.20. The Morgan fingerprint density at radius 1 is 1.22 bits per heavy atom. The van der Waals surface area contributed by atoms with Crippen molar-refractivity contribution in [1.29, 1.82) is 0 Å². The van der Waals surface area contributed by atoms with Crippen LogP contribution >= 0.6 is 0 Å². The summed E-state index contributed by atoms with van der Waals surface area (Å²) in [5.74, 6) is -2.27. The summed E-state index contributed by atoms with van der Waals surface area (Å²) in [5.41, 5.74) is 5.49. The lowest BCUT2D eigenvalue weighted by atomic mass is 10.1. The minimum absolute atomic E-state index is 0.199. The molecule has 1 saturated heterocycles. The van der Waals surface area contributed by atoms with Gasteiger partial charge in [-0.1, -0.05) is 0 Å². The third kappa shape index (κ3) is 3.88. The summed E-state index contributed by atoms with van der Waals surface area (Å²) in [4.78, 5) is 35.4. The summed E-state index contributed by atoms with van der Waals surface area (Å²) in [6.45, 7) is 0.160. The molecule has 8 heteroatoms. The monoisotopic (exact) mass is 259 g/mol. The van der Waals surface area contributed by atoms with Crippen molar-refractivity contribution >= 4 is 18.0 Å². The molecule has 0 bridgehead atoms. The molecule has 0 saturated carbocycles. The number of aliphatic carboxylic acids is 2. The van der Waals surface area contributed by atoms with E-state index in [0.717, 1.165) is 11.3 Å². The lowest BCUT2D eigenvalue weighted by Gasteiger charge is -2.25. The van der Waals surface area contributed by atoms with Crippen molar-refractivity contribution in [3.8, 4) is 0 Å². The van der Waals surface area contributed by atoms with Gasteiger partial charge in [-0.05, 0) is 18.9 Å². The van der Waals surface area contributed by atoms with Crippen LogP contribution in [0.5, 0.6) is 0 Å². The van der Waals surface area contributed by atoms with Crippen LogP contribution < -0.4 is 5.73 Å². The van der Waals surface area contributed by atoms with Crippen molar-refractivity contribution in [3.05, 3.63) is 0 Å². The largest absolute Gasteiger partial charge is 0.480 e. The Labute approximate surface area is 104 Å². The van der Waals surface area contributed by atoms with Gasteiger partial charge >= 0.3 is 18.0 Å². The molecular formula is C10H17N3O5. The molecule has 0 aromatic carbocycles. The van der Waals surface area contributed by atoms with E-state index in [1.165, 1.54) is 4.90 Å². The Kier molecular flexibility index (Phi) is 4.90. The molecule has 1 fully saturated rings. The smallest absolute Gasteiger partial charge is 0.323 e. The van der Waals surface area contributed by atoms with E-state index < -0.39 is 31.1 Å². The first-order chi connectivity index (χ1) is 8.43. The number of nitrogens with two attached hydrogens (primary N) is 1. The minimum Gasteiger partial charge on any atom is -0.480 e. The average molecular weight is 259 g/mol. The maximum absolute atomic E-state index is 12.0. The van der Waals surface area contributed by atoms with E-state index >= 15 is 0 Å². The molecule has 1 rings (SSSR count). The number of carbonyl (C=O) groups excluding carboxylic acids is 1. The topological polar surface area (TPSA) is 124 Å². The first kappa shape index (κ1) is 14.2. The fraction of sp³-hybridized carbons (Fsp3) is 0.700. The van der Waals surface area contributed by atoms with Gasteiger partial charge in [0.15, 0.2) is 0 Å². The summed E-state index contributed by atoms with van der Waals surface area (Å²) in [5, 5.41) is 17.3. The maximum atomic E-state index is 12.0. The summed E-state index contributed by atoms with van der Waals surface area (Å²) in [6.07, 6.45) is 0.760. The lowest BCUT2D eigenvalue weighted by molar-refractivity contribution is -0.140. The highest BCUT2D eigenvalue weighted by atomic mass is 16.4. The molecule has 0 spiro atoms. The highest BCUT2D eigenvalue weighted by Gasteiger charge is 2.30. The van der Waals surface area contributed by atoms with Gasteiger partial charge < -0.3 is 25.7 Å². The van der Waals surface area contributed by atoms with E-state index in [1.54, 1.807) is 0 Å². The van der Waals surface area contributed by atoms with E-state index in [2.05, 4.69) is 0 Å². The van der Waals surface area contributed by atoms with Crippen molar-refractivity contribution in [3.63, 3.8) is 0 Å². The number of carboxylic acids is 2. The van der Waals surface area contributed by atoms with Crippen LogP contribution in [0.2, 0.25) is 0 Å². The molecule has 4 N–H and O–H groups in total. The van der Waals surface area contributed by atoms with Crippen LogP contribution in [0.15, 0.2) is 0 Å². The zero-order chi connectivity index (χ0) is 13.7. The predicted molar refractivity (Wildman–Crippen MR) is 61.0 cm³/mol. The number of carbonyl (C=O) groups is 3. The number of hydrogen-bond donors (Lipinski definition) is 3. The van der Waals surface area contributed by atoms with Crippen LogP contribution in [0, 0.1) is 5.92 Å². The van der Waals surface area contributed by atoms with Crippen molar-refractivity contribution < 1.29 is 24.6 Å². The second-order valence-electron chi connectivity index (χ2n) is 4.26. The summed E-state index contributed by atoms with van der Waals surface area (Å²) in [7, 11) is 0. The zero-order valence-corrected chi connectivity index (χ0v) is 9.91. The lowest BCUT2D eigenvalue weighted by Crippen LogP contribution is -2.46. The molecule has 1 aliphatic heterocycles. The highest BCUT2D eigenvalue weighted by Crippen LogP contribution is 2.16. The van der Waals surface area contributed by atoms with E-state index in [9.17, 15) is 14.4 Å². The predicted octanol–water partition coefficient (Wildman–Crippen LogP) is -1.14. The molecule has 1 aliphatic rings. The molecule has 18 heavy (non-hydrogen) atoms. The number of likely N-dealkylation sites (tertiary alicyclic amines) is 1. The molecule has 0 aromatic heterocycles. The van der Waals surface area contributed by atoms with Crippen LogP contribution in [0.3, 0.4) is 0 Å². The molecule has 1 heterocycles. The van der Waals surface area contributed by atoms with E-state index in [1.807, 2.05) is 0 Å². The molecule has 0 radical (unpaired) electrons. The van der Waals surface area contributed by atoms with Gasteiger partial charge in [-0.2, -0.15) is 0 Å². The Hall–Kier alpha value is -1.83. The molecule has 102 valence electrons. The van der Waals surface area contributed by atoms with Gasteiger partial charge in [0.1, 0.15) is 13.1 Å². The summed E-state index contributed by atoms with van der Waals surface area (Å²) >= 11 is 0. The first-order valence-corrected chi connectivity index (χ1v) is 5.61. The van der Waals surface area contributed by atoms with Gasteiger partial charge in [0.2, 0.25) is 0 Å². The average Bonchev–Trinajstić information content (AvgIpc) is 2.74. The van der Waals surface area contributed by atoms with Crippen LogP contribution in [0.25, 0.3) is 0 Å². The van der Waals surface area contributed by atoms with E-state index in [-0.39, 0.29) is 5.92 Å². The Bertz CT molecular complexity index is 330. The van der Waals surface area contributed by atoms with E-state index in [0.29, 0.717) is 19.6 Å². The molecule has 8 nitrogen and oxygen atoms in total. The number of hydrogen-bond acceptors (Lipinski definition) is 4. The molecule has 0 aromatic rings. The number of carboxylic acid groups (broad SMARTS) is 2. The zero-order valence-electron chi connectivity index (χ0n) is 9.91. The Morgan fingerprint density at radius 3 is 2.17 bits per heavy atom. The van der Waals surface area contributed by atoms with Crippen molar-refractivity contribution in [2.45, 2.75) is 6.42 Å². The van der Waals surface area contributed by atoms with Gasteiger partial charge in [-0.3, -0.25) is 9.59 Å². The van der Waals surface area contributed by atoms with Crippen LogP contribution in [-0.4, -0.2) is 70.7 Å². The quantitative estimate of drug-likeness (QED) is 0.573. The third-order valence-corrected chi connectivity index (χ3v) is 2.81. The fourth-order valence-electron chi connectivity index (χ4n) is 1.92. The molecule has 0 aliphatic carbocycles. The third-order valence-electron chi connectivity index (χ3n) is 2.81. The van der Waals surface area contributed by atoms with Gasteiger partial charge in [-0.25, -0.2) is 4.79 Å². The summed E-state index contributed by atoms with van der Waals surface area (Å²) in [6, 6.07) is -0.559.